The summed E-state index contributed by atoms with van der Waals surface area (Å²) in [5, 5.41) is 4.19. The summed E-state index contributed by atoms with van der Waals surface area (Å²) in [6, 6.07) is 12.8. The lowest BCUT2D eigenvalue weighted by molar-refractivity contribution is -0.0429. The van der Waals surface area contributed by atoms with Gasteiger partial charge in [0.25, 0.3) is 0 Å². The SMILES string of the molecule is O=S(=O)(Nc1ccc(Cl)cc1CC=NNc1ccccc1)C(F)(F)F. The number of hydrogen-bond donors (Lipinski definition) is 2. The molecule has 0 radical (unpaired) electrons. The predicted octanol–water partition coefficient (Wildman–Crippen LogP) is 4.24. The number of alkyl halides is 3. The van der Waals surface area contributed by atoms with Crippen molar-refractivity contribution in [2.45, 2.75) is 11.9 Å². The molecule has 5 nitrogen and oxygen atoms in total. The van der Waals surface area contributed by atoms with Gasteiger partial charge in [0, 0.05) is 17.7 Å². The van der Waals surface area contributed by atoms with Crippen molar-refractivity contribution in [3.63, 3.8) is 0 Å². The first kappa shape index (κ1) is 19.1. The molecule has 0 unspecified atom stereocenters. The molecule has 0 atom stereocenters. The monoisotopic (exact) mass is 391 g/mol. The van der Waals surface area contributed by atoms with Gasteiger partial charge in [-0.3, -0.25) is 10.1 Å². The minimum atomic E-state index is -5.51. The van der Waals surface area contributed by atoms with E-state index in [-0.39, 0.29) is 22.7 Å². The molecule has 0 aliphatic heterocycles. The molecule has 0 aliphatic rings. The first-order valence-electron chi connectivity index (χ1n) is 6.89. The lowest BCUT2D eigenvalue weighted by Crippen LogP contribution is -2.30. The second-order valence-corrected chi connectivity index (χ2v) is 6.96. The Hall–Kier alpha value is -2.26. The molecule has 0 saturated heterocycles. The fraction of sp³-hybridized carbons (Fsp3) is 0.133. The minimum absolute atomic E-state index is 0.0656. The third-order valence-electron chi connectivity index (χ3n) is 2.99. The van der Waals surface area contributed by atoms with Gasteiger partial charge in [0.05, 0.1) is 11.4 Å². The van der Waals surface area contributed by atoms with Gasteiger partial charge in [-0.05, 0) is 35.9 Å². The Bertz CT molecular complexity index is 856. The van der Waals surface area contributed by atoms with Crippen LogP contribution in [0.2, 0.25) is 5.02 Å². The number of nitrogens with zero attached hydrogens (tertiary/aromatic N) is 1. The second-order valence-electron chi connectivity index (χ2n) is 4.85. The molecule has 2 aromatic carbocycles. The summed E-state index contributed by atoms with van der Waals surface area (Å²) < 4.78 is 61.6. The van der Waals surface area contributed by atoms with Crippen LogP contribution in [-0.4, -0.2) is 20.1 Å². The number of hydrazone groups is 1. The Labute approximate surface area is 147 Å². The summed E-state index contributed by atoms with van der Waals surface area (Å²) in [7, 11) is -5.51. The topological polar surface area (TPSA) is 70.6 Å². The molecule has 134 valence electrons. The number of para-hydroxylation sites is 1. The quantitative estimate of drug-likeness (QED) is 0.571. The van der Waals surface area contributed by atoms with Gasteiger partial charge in [-0.15, -0.1) is 0 Å². The zero-order valence-electron chi connectivity index (χ0n) is 12.6. The smallest absolute Gasteiger partial charge is 0.279 e. The maximum absolute atomic E-state index is 12.5. The summed E-state index contributed by atoms with van der Waals surface area (Å²) in [4.78, 5) is 0. The van der Waals surface area contributed by atoms with Gasteiger partial charge in [0.2, 0.25) is 0 Å². The van der Waals surface area contributed by atoms with Crippen LogP contribution in [0.3, 0.4) is 0 Å². The molecule has 25 heavy (non-hydrogen) atoms. The largest absolute Gasteiger partial charge is 0.516 e. The highest BCUT2D eigenvalue weighted by molar-refractivity contribution is 7.93. The van der Waals surface area contributed by atoms with E-state index in [2.05, 4.69) is 10.5 Å². The normalized spacial score (nSPS) is 12.3. The molecule has 2 rings (SSSR count). The fourth-order valence-corrected chi connectivity index (χ4v) is 2.61. The lowest BCUT2D eigenvalue weighted by atomic mass is 10.1. The zero-order valence-corrected chi connectivity index (χ0v) is 14.2. The lowest BCUT2D eigenvalue weighted by Gasteiger charge is -2.13. The van der Waals surface area contributed by atoms with Crippen LogP contribution >= 0.6 is 11.6 Å². The molecule has 0 amide bonds. The molecule has 0 heterocycles. The van der Waals surface area contributed by atoms with Crippen LogP contribution in [-0.2, 0) is 16.4 Å². The third-order valence-corrected chi connectivity index (χ3v) is 4.32. The van der Waals surface area contributed by atoms with Crippen LogP contribution in [0, 0.1) is 0 Å². The molecule has 0 spiro atoms. The summed E-state index contributed by atoms with van der Waals surface area (Å²) in [6.07, 6.45) is 1.46. The van der Waals surface area contributed by atoms with Crippen LogP contribution in [0.5, 0.6) is 0 Å². The molecule has 10 heteroatoms. The van der Waals surface area contributed by atoms with Crippen molar-refractivity contribution in [3.8, 4) is 0 Å². The third kappa shape index (κ3) is 5.36. The summed E-state index contributed by atoms with van der Waals surface area (Å²) in [5.74, 6) is 0. The van der Waals surface area contributed by atoms with Crippen LogP contribution in [0.25, 0.3) is 0 Å². The van der Waals surface area contributed by atoms with Gasteiger partial charge in [-0.1, -0.05) is 29.8 Å². The van der Waals surface area contributed by atoms with Crippen LogP contribution < -0.4 is 10.1 Å². The average Bonchev–Trinajstić information content (AvgIpc) is 2.53. The molecular weight excluding hydrogens is 379 g/mol. The highest BCUT2D eigenvalue weighted by Crippen LogP contribution is 2.28. The molecular formula is C15H13ClF3N3O2S. The van der Waals surface area contributed by atoms with Crippen molar-refractivity contribution in [2.75, 3.05) is 10.1 Å². The number of anilines is 2. The number of nitrogens with one attached hydrogen (secondary N) is 2. The molecule has 2 aromatic rings. The molecule has 0 aromatic heterocycles. The highest BCUT2D eigenvalue weighted by Gasteiger charge is 2.46. The van der Waals surface area contributed by atoms with E-state index in [0.29, 0.717) is 0 Å². The predicted molar refractivity (Wildman–Crippen MR) is 92.3 cm³/mol. The van der Waals surface area contributed by atoms with E-state index in [0.717, 1.165) is 5.69 Å². The first-order valence-corrected chi connectivity index (χ1v) is 8.75. The van der Waals surface area contributed by atoms with E-state index in [4.69, 9.17) is 11.6 Å². The number of benzene rings is 2. The molecule has 0 bridgehead atoms. The Morgan fingerprint density at radius 2 is 1.80 bits per heavy atom. The zero-order chi connectivity index (χ0) is 18.5. The Morgan fingerprint density at radius 3 is 2.44 bits per heavy atom. The van der Waals surface area contributed by atoms with Gasteiger partial charge in [-0.2, -0.15) is 26.7 Å². The van der Waals surface area contributed by atoms with Crippen molar-refractivity contribution >= 4 is 39.2 Å². The molecule has 0 fully saturated rings. The highest BCUT2D eigenvalue weighted by atomic mass is 35.5. The van der Waals surface area contributed by atoms with E-state index in [1.54, 1.807) is 24.3 Å². The van der Waals surface area contributed by atoms with Crippen LogP contribution in [0.4, 0.5) is 24.5 Å². The number of sulfonamides is 1. The van der Waals surface area contributed by atoms with E-state index in [1.807, 2.05) is 6.07 Å². The van der Waals surface area contributed by atoms with Crippen molar-refractivity contribution in [1.82, 2.24) is 0 Å². The summed E-state index contributed by atoms with van der Waals surface area (Å²) in [6.45, 7) is 0. The summed E-state index contributed by atoms with van der Waals surface area (Å²) >= 11 is 5.83. The van der Waals surface area contributed by atoms with Crippen molar-refractivity contribution in [3.05, 3.63) is 59.1 Å². The van der Waals surface area contributed by atoms with Gasteiger partial charge in [0.1, 0.15) is 0 Å². The van der Waals surface area contributed by atoms with Crippen molar-refractivity contribution < 1.29 is 21.6 Å². The Morgan fingerprint density at radius 1 is 1.12 bits per heavy atom. The van der Waals surface area contributed by atoms with Crippen molar-refractivity contribution in [2.24, 2.45) is 5.10 Å². The maximum atomic E-state index is 12.5. The summed E-state index contributed by atoms with van der Waals surface area (Å²) in [5.41, 5.74) is -1.91. The van der Waals surface area contributed by atoms with Crippen LogP contribution in [0.1, 0.15) is 5.56 Å². The standard InChI is InChI=1S/C15H13ClF3N3O2S/c16-12-6-7-14(22-25(23,24)15(17,18)19)11(10-12)8-9-20-21-13-4-2-1-3-5-13/h1-7,9-10,21-22H,8H2. The number of rotatable bonds is 6. The van der Waals surface area contributed by atoms with Gasteiger partial charge in [-0.25, -0.2) is 0 Å². The average molecular weight is 392 g/mol. The van der Waals surface area contributed by atoms with Gasteiger partial charge >= 0.3 is 15.5 Å². The van der Waals surface area contributed by atoms with Gasteiger partial charge in [0.15, 0.2) is 0 Å². The van der Waals surface area contributed by atoms with Crippen molar-refractivity contribution in [1.29, 1.82) is 0 Å². The second kappa shape index (κ2) is 7.75. The molecule has 0 saturated carbocycles. The molecule has 2 N–H and O–H groups in total. The van der Waals surface area contributed by atoms with E-state index >= 15 is 0 Å². The van der Waals surface area contributed by atoms with E-state index < -0.39 is 15.5 Å². The number of hydrogen-bond acceptors (Lipinski definition) is 4. The maximum Gasteiger partial charge on any atom is 0.516 e. The minimum Gasteiger partial charge on any atom is -0.279 e. The van der Waals surface area contributed by atoms with E-state index in [1.165, 1.54) is 29.1 Å². The Kier molecular flexibility index (Phi) is 5.91. The first-order chi connectivity index (χ1) is 11.7. The number of halogens is 4. The van der Waals surface area contributed by atoms with E-state index in [9.17, 15) is 21.6 Å². The molecule has 0 aliphatic carbocycles. The Balaban J connectivity index is 2.13. The van der Waals surface area contributed by atoms with Crippen LogP contribution in [0.15, 0.2) is 53.6 Å². The fourth-order valence-electron chi connectivity index (χ4n) is 1.81. The van der Waals surface area contributed by atoms with Gasteiger partial charge < -0.3 is 0 Å².